The van der Waals surface area contributed by atoms with Crippen molar-refractivity contribution in [3.63, 3.8) is 0 Å². The fourth-order valence-electron chi connectivity index (χ4n) is 2.04. The van der Waals surface area contributed by atoms with Crippen molar-refractivity contribution in [1.29, 1.82) is 0 Å². The Kier molecular flexibility index (Phi) is 6.17. The van der Waals surface area contributed by atoms with E-state index in [9.17, 15) is 0 Å². The number of hydrogen-bond acceptors (Lipinski definition) is 4. The second-order valence-electron chi connectivity index (χ2n) is 4.58. The van der Waals surface area contributed by atoms with E-state index in [1.165, 1.54) is 0 Å². The van der Waals surface area contributed by atoms with Crippen molar-refractivity contribution >= 4 is 29.0 Å². The van der Waals surface area contributed by atoms with Crippen LogP contribution in [0, 0.1) is 0 Å². The number of piperidine rings is 1. The fourth-order valence-corrected chi connectivity index (χ4v) is 2.48. The molecule has 4 nitrogen and oxygen atoms in total. The minimum atomic E-state index is 0.415. The van der Waals surface area contributed by atoms with Crippen molar-refractivity contribution in [3.8, 4) is 0 Å². The predicted octanol–water partition coefficient (Wildman–Crippen LogP) is 2.96. The van der Waals surface area contributed by atoms with Gasteiger partial charge < -0.3 is 15.4 Å². The van der Waals surface area contributed by atoms with Crippen LogP contribution in [0.25, 0.3) is 0 Å². The molecular formula is C13H19Cl2N3O. The summed E-state index contributed by atoms with van der Waals surface area (Å²) in [7, 11) is 0. The van der Waals surface area contributed by atoms with E-state index in [1.807, 2.05) is 0 Å². The standard InChI is InChI=1S/C13H19Cl2N3O/c14-10-8-12(15)13(18-9-10)17-4-1-7-19-11-2-5-16-6-3-11/h8-9,11,16H,1-7H2,(H,17,18). The number of halogens is 2. The SMILES string of the molecule is Clc1cnc(NCCCOC2CCNCC2)c(Cl)c1. The first kappa shape index (κ1) is 14.9. The Balaban J connectivity index is 1.61. The Hall–Kier alpha value is -0.550. The molecule has 1 aromatic rings. The Morgan fingerprint density at radius 2 is 2.16 bits per heavy atom. The number of nitrogens with one attached hydrogen (secondary N) is 2. The van der Waals surface area contributed by atoms with E-state index in [2.05, 4.69) is 15.6 Å². The van der Waals surface area contributed by atoms with Gasteiger partial charge in [-0.1, -0.05) is 23.2 Å². The van der Waals surface area contributed by atoms with Crippen molar-refractivity contribution in [2.45, 2.75) is 25.4 Å². The third kappa shape index (κ3) is 5.15. The zero-order chi connectivity index (χ0) is 13.5. The number of pyridine rings is 1. The predicted molar refractivity (Wildman–Crippen MR) is 79.2 cm³/mol. The second kappa shape index (κ2) is 7.90. The highest BCUT2D eigenvalue weighted by Crippen LogP contribution is 2.22. The molecule has 0 atom stereocenters. The van der Waals surface area contributed by atoms with E-state index >= 15 is 0 Å². The quantitative estimate of drug-likeness (QED) is 0.793. The Morgan fingerprint density at radius 3 is 2.89 bits per heavy atom. The van der Waals surface area contributed by atoms with Gasteiger partial charge in [-0.25, -0.2) is 4.98 Å². The minimum absolute atomic E-state index is 0.415. The van der Waals surface area contributed by atoms with Gasteiger partial charge in [-0.3, -0.25) is 0 Å². The maximum absolute atomic E-state index is 6.02. The molecule has 0 aliphatic carbocycles. The van der Waals surface area contributed by atoms with Crippen LogP contribution in [-0.2, 0) is 4.74 Å². The number of anilines is 1. The second-order valence-corrected chi connectivity index (χ2v) is 5.43. The molecule has 0 aromatic carbocycles. The molecule has 106 valence electrons. The van der Waals surface area contributed by atoms with Gasteiger partial charge in [-0.15, -0.1) is 0 Å². The first-order chi connectivity index (χ1) is 9.25. The zero-order valence-electron chi connectivity index (χ0n) is 10.8. The molecule has 0 unspecified atom stereocenters. The van der Waals surface area contributed by atoms with Crippen LogP contribution in [0.15, 0.2) is 12.3 Å². The number of hydrogen-bond donors (Lipinski definition) is 2. The lowest BCUT2D eigenvalue weighted by Crippen LogP contribution is -2.32. The van der Waals surface area contributed by atoms with Gasteiger partial charge in [0.1, 0.15) is 5.82 Å². The smallest absolute Gasteiger partial charge is 0.144 e. The highest BCUT2D eigenvalue weighted by Gasteiger charge is 2.12. The van der Waals surface area contributed by atoms with Crippen LogP contribution in [-0.4, -0.2) is 37.3 Å². The molecule has 1 fully saturated rings. The molecule has 0 bridgehead atoms. The summed E-state index contributed by atoms with van der Waals surface area (Å²) in [4.78, 5) is 4.14. The van der Waals surface area contributed by atoms with Crippen LogP contribution in [0.5, 0.6) is 0 Å². The average molecular weight is 304 g/mol. The summed E-state index contributed by atoms with van der Waals surface area (Å²) < 4.78 is 5.82. The summed E-state index contributed by atoms with van der Waals surface area (Å²) in [6, 6.07) is 1.68. The lowest BCUT2D eigenvalue weighted by Gasteiger charge is -2.22. The van der Waals surface area contributed by atoms with Crippen molar-refractivity contribution in [2.75, 3.05) is 31.6 Å². The molecular weight excluding hydrogens is 285 g/mol. The maximum atomic E-state index is 6.02. The van der Waals surface area contributed by atoms with E-state index in [0.717, 1.165) is 45.5 Å². The first-order valence-electron chi connectivity index (χ1n) is 6.63. The molecule has 0 spiro atoms. The van der Waals surface area contributed by atoms with Crippen LogP contribution in [0.4, 0.5) is 5.82 Å². The van der Waals surface area contributed by atoms with Crippen molar-refractivity contribution in [1.82, 2.24) is 10.3 Å². The van der Waals surface area contributed by atoms with E-state index in [0.29, 0.717) is 22.0 Å². The largest absolute Gasteiger partial charge is 0.378 e. The Morgan fingerprint density at radius 1 is 1.37 bits per heavy atom. The number of rotatable bonds is 6. The summed E-state index contributed by atoms with van der Waals surface area (Å²) in [6.07, 6.45) is 5.15. The van der Waals surface area contributed by atoms with Gasteiger partial charge in [0.25, 0.3) is 0 Å². The zero-order valence-corrected chi connectivity index (χ0v) is 12.3. The molecule has 2 rings (SSSR count). The lowest BCUT2D eigenvalue weighted by molar-refractivity contribution is 0.0329. The van der Waals surface area contributed by atoms with E-state index in [-0.39, 0.29) is 0 Å². The van der Waals surface area contributed by atoms with Crippen LogP contribution in [0.2, 0.25) is 10.0 Å². The van der Waals surface area contributed by atoms with Gasteiger partial charge >= 0.3 is 0 Å². The van der Waals surface area contributed by atoms with Gasteiger partial charge in [-0.05, 0) is 38.4 Å². The average Bonchev–Trinajstić information content (AvgIpc) is 2.42. The fraction of sp³-hybridized carbons (Fsp3) is 0.615. The molecule has 1 saturated heterocycles. The van der Waals surface area contributed by atoms with Crippen molar-refractivity contribution < 1.29 is 4.74 Å². The highest BCUT2D eigenvalue weighted by atomic mass is 35.5. The molecule has 6 heteroatoms. The summed E-state index contributed by atoms with van der Waals surface area (Å²) in [5.41, 5.74) is 0. The summed E-state index contributed by atoms with van der Waals surface area (Å²) in [5, 5.41) is 7.60. The third-order valence-corrected chi connectivity index (χ3v) is 3.56. The monoisotopic (exact) mass is 303 g/mol. The number of nitrogens with zero attached hydrogens (tertiary/aromatic N) is 1. The first-order valence-corrected chi connectivity index (χ1v) is 7.38. The van der Waals surface area contributed by atoms with Crippen LogP contribution >= 0.6 is 23.2 Å². The van der Waals surface area contributed by atoms with Crippen LogP contribution in [0.1, 0.15) is 19.3 Å². The maximum Gasteiger partial charge on any atom is 0.144 e. The van der Waals surface area contributed by atoms with Gasteiger partial charge in [0.2, 0.25) is 0 Å². The number of aromatic nitrogens is 1. The molecule has 2 N–H and O–H groups in total. The van der Waals surface area contributed by atoms with E-state index in [1.54, 1.807) is 12.3 Å². The normalized spacial score (nSPS) is 16.5. The molecule has 19 heavy (non-hydrogen) atoms. The van der Waals surface area contributed by atoms with E-state index < -0.39 is 0 Å². The Labute approximate surface area is 123 Å². The summed E-state index contributed by atoms with van der Waals surface area (Å²) >= 11 is 11.8. The van der Waals surface area contributed by atoms with Gasteiger partial charge in [0.15, 0.2) is 0 Å². The molecule has 1 aromatic heterocycles. The van der Waals surface area contributed by atoms with Gasteiger partial charge in [0.05, 0.1) is 16.1 Å². The third-order valence-electron chi connectivity index (χ3n) is 3.06. The Bertz CT molecular complexity index is 397. The van der Waals surface area contributed by atoms with Crippen LogP contribution < -0.4 is 10.6 Å². The molecule has 1 aliphatic heterocycles. The van der Waals surface area contributed by atoms with Crippen molar-refractivity contribution in [3.05, 3.63) is 22.3 Å². The van der Waals surface area contributed by atoms with Gasteiger partial charge in [0, 0.05) is 19.3 Å². The van der Waals surface area contributed by atoms with Gasteiger partial charge in [-0.2, -0.15) is 0 Å². The summed E-state index contributed by atoms with van der Waals surface area (Å²) in [6.45, 7) is 3.68. The molecule has 1 aliphatic rings. The van der Waals surface area contributed by atoms with Crippen molar-refractivity contribution in [2.24, 2.45) is 0 Å². The lowest BCUT2D eigenvalue weighted by atomic mass is 10.1. The number of ether oxygens (including phenoxy) is 1. The topological polar surface area (TPSA) is 46.2 Å². The molecule has 0 saturated carbocycles. The van der Waals surface area contributed by atoms with Crippen LogP contribution in [0.3, 0.4) is 0 Å². The summed E-state index contributed by atoms with van der Waals surface area (Å²) in [5.74, 6) is 0.674. The molecule has 2 heterocycles. The molecule has 0 amide bonds. The molecule has 0 radical (unpaired) electrons. The highest BCUT2D eigenvalue weighted by molar-refractivity contribution is 6.35. The minimum Gasteiger partial charge on any atom is -0.378 e. The van der Waals surface area contributed by atoms with E-state index in [4.69, 9.17) is 27.9 Å².